The van der Waals surface area contributed by atoms with Gasteiger partial charge in [-0.15, -0.1) is 0 Å². The molecule has 2 aromatic rings. The highest BCUT2D eigenvalue weighted by Crippen LogP contribution is 2.20. The number of carbonyl (C=O) groups excluding carboxylic acids is 2. The lowest BCUT2D eigenvalue weighted by Crippen LogP contribution is -2.21. The molecule has 4 nitrogen and oxygen atoms in total. The maximum atomic E-state index is 12.2. The molecule has 0 aliphatic heterocycles. The van der Waals surface area contributed by atoms with Crippen molar-refractivity contribution in [3.8, 4) is 0 Å². The third kappa shape index (κ3) is 3.05. The van der Waals surface area contributed by atoms with Gasteiger partial charge in [0.2, 0.25) is 0 Å². The number of benzene rings is 2. The number of halogens is 1. The fourth-order valence-corrected chi connectivity index (χ4v) is 2.22. The molecule has 0 aromatic heterocycles. The van der Waals surface area contributed by atoms with Crippen LogP contribution in [-0.4, -0.2) is 18.9 Å². The second kappa shape index (κ2) is 6.34. The molecule has 0 heterocycles. The maximum absolute atomic E-state index is 12.2. The van der Waals surface area contributed by atoms with Crippen LogP contribution in [0.25, 0.3) is 0 Å². The van der Waals surface area contributed by atoms with Crippen molar-refractivity contribution in [1.82, 2.24) is 5.32 Å². The average Bonchev–Trinajstić information content (AvgIpc) is 2.47. The minimum atomic E-state index is -0.270. The van der Waals surface area contributed by atoms with E-state index in [4.69, 9.17) is 0 Å². The molecule has 0 aliphatic rings. The molecular weight excluding hydrogens is 320 g/mol. The molecule has 102 valence electrons. The van der Waals surface area contributed by atoms with E-state index in [0.717, 1.165) is 0 Å². The number of hydrogen-bond donors (Lipinski definition) is 2. The van der Waals surface area contributed by atoms with E-state index in [9.17, 15) is 9.59 Å². The van der Waals surface area contributed by atoms with Crippen LogP contribution in [0.15, 0.2) is 53.0 Å². The number of amides is 2. The van der Waals surface area contributed by atoms with Gasteiger partial charge >= 0.3 is 0 Å². The molecule has 0 saturated heterocycles. The van der Waals surface area contributed by atoms with Crippen LogP contribution in [0.4, 0.5) is 5.69 Å². The van der Waals surface area contributed by atoms with Gasteiger partial charge in [-0.25, -0.2) is 0 Å². The first-order chi connectivity index (χ1) is 9.63. The first-order valence-electron chi connectivity index (χ1n) is 6.00. The van der Waals surface area contributed by atoms with Crippen molar-refractivity contribution in [3.05, 3.63) is 64.1 Å². The van der Waals surface area contributed by atoms with Gasteiger partial charge in [0.25, 0.3) is 11.8 Å². The summed E-state index contributed by atoms with van der Waals surface area (Å²) in [5, 5.41) is 5.30. The maximum Gasteiger partial charge on any atom is 0.256 e. The van der Waals surface area contributed by atoms with Crippen molar-refractivity contribution in [2.75, 3.05) is 12.4 Å². The second-order valence-electron chi connectivity index (χ2n) is 4.06. The Hall–Kier alpha value is -2.14. The third-order valence-electron chi connectivity index (χ3n) is 2.77. The monoisotopic (exact) mass is 332 g/mol. The highest BCUT2D eigenvalue weighted by Gasteiger charge is 2.14. The lowest BCUT2D eigenvalue weighted by Gasteiger charge is -2.10. The lowest BCUT2D eigenvalue weighted by atomic mass is 10.1. The predicted octanol–water partition coefficient (Wildman–Crippen LogP) is 3.06. The molecule has 2 N–H and O–H groups in total. The summed E-state index contributed by atoms with van der Waals surface area (Å²) in [6, 6.07) is 14.0. The Labute approximate surface area is 125 Å². The largest absolute Gasteiger partial charge is 0.355 e. The summed E-state index contributed by atoms with van der Waals surface area (Å²) in [6.45, 7) is 0. The normalized spacial score (nSPS) is 9.90. The molecule has 2 rings (SSSR count). The molecule has 0 fully saturated rings. The lowest BCUT2D eigenvalue weighted by molar-refractivity contribution is 0.0964. The molecule has 2 amide bonds. The molecule has 20 heavy (non-hydrogen) atoms. The summed E-state index contributed by atoms with van der Waals surface area (Å²) < 4.78 is 0.704. The van der Waals surface area contributed by atoms with Crippen molar-refractivity contribution in [3.63, 3.8) is 0 Å². The van der Waals surface area contributed by atoms with Crippen LogP contribution in [0.5, 0.6) is 0 Å². The fourth-order valence-electron chi connectivity index (χ4n) is 1.76. The zero-order valence-electron chi connectivity index (χ0n) is 10.8. The van der Waals surface area contributed by atoms with Crippen molar-refractivity contribution < 1.29 is 9.59 Å². The van der Waals surface area contributed by atoms with Crippen LogP contribution < -0.4 is 10.6 Å². The van der Waals surface area contributed by atoms with Crippen LogP contribution in [0, 0.1) is 0 Å². The van der Waals surface area contributed by atoms with Gasteiger partial charge in [0.15, 0.2) is 0 Å². The van der Waals surface area contributed by atoms with Crippen LogP contribution in [-0.2, 0) is 0 Å². The van der Waals surface area contributed by atoms with E-state index in [-0.39, 0.29) is 11.8 Å². The molecule has 0 bridgehead atoms. The highest BCUT2D eigenvalue weighted by atomic mass is 79.9. The number of anilines is 1. The first kappa shape index (κ1) is 14.3. The van der Waals surface area contributed by atoms with E-state index in [1.54, 1.807) is 49.5 Å². The molecule has 0 saturated carbocycles. The average molecular weight is 333 g/mol. The molecular formula is C15H13BrN2O2. The van der Waals surface area contributed by atoms with Crippen LogP contribution in [0.2, 0.25) is 0 Å². The number of hydrogen-bond acceptors (Lipinski definition) is 2. The molecule has 0 unspecified atom stereocenters. The minimum Gasteiger partial charge on any atom is -0.355 e. The summed E-state index contributed by atoms with van der Waals surface area (Å²) in [5.74, 6) is -0.512. The van der Waals surface area contributed by atoms with Gasteiger partial charge in [-0.1, -0.05) is 24.3 Å². The Balaban J connectivity index is 2.29. The first-order valence-corrected chi connectivity index (χ1v) is 6.79. The smallest absolute Gasteiger partial charge is 0.256 e. The van der Waals surface area contributed by atoms with Crippen molar-refractivity contribution in [1.29, 1.82) is 0 Å². The Bertz CT molecular complexity index is 656. The van der Waals surface area contributed by atoms with E-state index >= 15 is 0 Å². The van der Waals surface area contributed by atoms with Gasteiger partial charge < -0.3 is 10.6 Å². The van der Waals surface area contributed by atoms with Crippen LogP contribution in [0.3, 0.4) is 0 Å². The predicted molar refractivity (Wildman–Crippen MR) is 81.9 cm³/mol. The zero-order chi connectivity index (χ0) is 14.5. The number of carbonyl (C=O) groups is 2. The summed E-state index contributed by atoms with van der Waals surface area (Å²) in [5.41, 5.74) is 1.42. The molecule has 0 aliphatic carbocycles. The minimum absolute atomic E-state index is 0.243. The van der Waals surface area contributed by atoms with E-state index in [2.05, 4.69) is 26.6 Å². The Morgan fingerprint density at radius 1 is 0.900 bits per heavy atom. The third-order valence-corrected chi connectivity index (χ3v) is 3.46. The standard InChI is InChI=1S/C15H13BrN2O2/c1-17-14(19)11-7-3-5-9-13(11)18-15(20)10-6-2-4-8-12(10)16/h2-9H,1H3,(H,17,19)(H,18,20). The van der Waals surface area contributed by atoms with Gasteiger partial charge in [0, 0.05) is 11.5 Å². The van der Waals surface area contributed by atoms with Crippen molar-refractivity contribution in [2.45, 2.75) is 0 Å². The van der Waals surface area contributed by atoms with Gasteiger partial charge in [-0.2, -0.15) is 0 Å². The van der Waals surface area contributed by atoms with E-state index < -0.39 is 0 Å². The van der Waals surface area contributed by atoms with E-state index in [1.807, 2.05) is 6.07 Å². The van der Waals surface area contributed by atoms with Gasteiger partial charge in [-0.05, 0) is 40.2 Å². The Morgan fingerprint density at radius 3 is 2.15 bits per heavy atom. The molecule has 0 radical (unpaired) electrons. The highest BCUT2D eigenvalue weighted by molar-refractivity contribution is 9.10. The summed E-state index contributed by atoms with van der Waals surface area (Å²) in [6.07, 6.45) is 0. The van der Waals surface area contributed by atoms with E-state index in [0.29, 0.717) is 21.3 Å². The van der Waals surface area contributed by atoms with Gasteiger partial charge in [0.1, 0.15) is 0 Å². The molecule has 2 aromatic carbocycles. The zero-order valence-corrected chi connectivity index (χ0v) is 12.4. The van der Waals surface area contributed by atoms with Crippen molar-refractivity contribution in [2.24, 2.45) is 0 Å². The second-order valence-corrected chi connectivity index (χ2v) is 4.91. The fraction of sp³-hybridized carbons (Fsp3) is 0.0667. The molecule has 5 heteroatoms. The number of para-hydroxylation sites is 1. The molecule has 0 spiro atoms. The summed E-state index contributed by atoms with van der Waals surface area (Å²) in [7, 11) is 1.55. The Morgan fingerprint density at radius 2 is 1.50 bits per heavy atom. The van der Waals surface area contributed by atoms with Crippen LogP contribution >= 0.6 is 15.9 Å². The SMILES string of the molecule is CNC(=O)c1ccccc1NC(=O)c1ccccc1Br. The van der Waals surface area contributed by atoms with Gasteiger partial charge in [-0.3, -0.25) is 9.59 Å². The van der Waals surface area contributed by atoms with Gasteiger partial charge in [0.05, 0.1) is 16.8 Å². The Kier molecular flexibility index (Phi) is 4.53. The van der Waals surface area contributed by atoms with E-state index in [1.165, 1.54) is 0 Å². The number of nitrogens with one attached hydrogen (secondary N) is 2. The number of rotatable bonds is 3. The topological polar surface area (TPSA) is 58.2 Å². The van der Waals surface area contributed by atoms with Crippen molar-refractivity contribution >= 4 is 33.4 Å². The summed E-state index contributed by atoms with van der Waals surface area (Å²) >= 11 is 3.33. The van der Waals surface area contributed by atoms with Crippen LogP contribution in [0.1, 0.15) is 20.7 Å². The molecule has 0 atom stereocenters. The summed E-state index contributed by atoms with van der Waals surface area (Å²) in [4.78, 5) is 24.0. The quantitative estimate of drug-likeness (QED) is 0.907.